The Kier molecular flexibility index (Phi) is 4.49. The number of morpholine rings is 1. The Balaban J connectivity index is 1.89. The molecule has 1 unspecified atom stereocenters. The van der Waals surface area contributed by atoms with E-state index in [9.17, 15) is 0 Å². The summed E-state index contributed by atoms with van der Waals surface area (Å²) >= 11 is 0. The van der Waals surface area contributed by atoms with Crippen molar-refractivity contribution in [2.75, 3.05) is 38.2 Å². The van der Waals surface area contributed by atoms with Crippen LogP contribution in [-0.2, 0) is 4.74 Å². The SMILES string of the molecule is Cc1cnc(C)c(NC(C)CN2CCOCC2)n1. The molecule has 1 atom stereocenters. The maximum absolute atomic E-state index is 5.35. The van der Waals surface area contributed by atoms with E-state index in [0.29, 0.717) is 6.04 Å². The van der Waals surface area contributed by atoms with E-state index in [0.717, 1.165) is 50.1 Å². The lowest BCUT2D eigenvalue weighted by atomic mass is 10.2. The van der Waals surface area contributed by atoms with E-state index in [-0.39, 0.29) is 0 Å². The third-order valence-electron chi connectivity index (χ3n) is 3.09. The van der Waals surface area contributed by atoms with Crippen LogP contribution in [0.25, 0.3) is 0 Å². The van der Waals surface area contributed by atoms with Crippen molar-refractivity contribution in [2.45, 2.75) is 26.8 Å². The van der Waals surface area contributed by atoms with Gasteiger partial charge in [0.2, 0.25) is 0 Å². The number of rotatable bonds is 4. The first-order chi connectivity index (χ1) is 8.65. The van der Waals surface area contributed by atoms with Crippen LogP contribution in [0.3, 0.4) is 0 Å². The van der Waals surface area contributed by atoms with Gasteiger partial charge in [0.15, 0.2) is 0 Å². The van der Waals surface area contributed by atoms with Crippen molar-refractivity contribution in [3.8, 4) is 0 Å². The Morgan fingerprint density at radius 2 is 2.11 bits per heavy atom. The molecule has 1 fully saturated rings. The zero-order valence-corrected chi connectivity index (χ0v) is 11.4. The monoisotopic (exact) mass is 250 g/mol. The number of aryl methyl sites for hydroxylation is 2. The standard InChI is InChI=1S/C13H22N4O/c1-10-8-14-12(3)13(15-10)16-11(2)9-17-4-6-18-7-5-17/h8,11H,4-7,9H2,1-3H3,(H,15,16). The minimum Gasteiger partial charge on any atom is -0.379 e. The molecule has 0 amide bonds. The fourth-order valence-corrected chi connectivity index (χ4v) is 2.12. The van der Waals surface area contributed by atoms with Gasteiger partial charge in [0.1, 0.15) is 5.82 Å². The quantitative estimate of drug-likeness (QED) is 0.871. The minimum atomic E-state index is 0.359. The molecular weight excluding hydrogens is 228 g/mol. The fraction of sp³-hybridized carbons (Fsp3) is 0.692. The largest absolute Gasteiger partial charge is 0.379 e. The van der Waals surface area contributed by atoms with Crippen molar-refractivity contribution in [2.24, 2.45) is 0 Å². The van der Waals surface area contributed by atoms with Crippen LogP contribution < -0.4 is 5.32 Å². The van der Waals surface area contributed by atoms with Gasteiger partial charge in [0.05, 0.1) is 24.6 Å². The molecule has 1 saturated heterocycles. The maximum atomic E-state index is 5.35. The molecule has 1 aliphatic rings. The van der Waals surface area contributed by atoms with E-state index in [1.54, 1.807) is 6.20 Å². The summed E-state index contributed by atoms with van der Waals surface area (Å²) in [6.45, 7) is 10.9. The number of aromatic nitrogens is 2. The van der Waals surface area contributed by atoms with Crippen molar-refractivity contribution in [1.29, 1.82) is 0 Å². The second kappa shape index (κ2) is 6.11. The molecule has 2 rings (SSSR count). The summed E-state index contributed by atoms with van der Waals surface area (Å²) in [5.41, 5.74) is 1.90. The van der Waals surface area contributed by atoms with Crippen LogP contribution in [0.2, 0.25) is 0 Å². The van der Waals surface area contributed by atoms with Gasteiger partial charge in [0, 0.05) is 31.9 Å². The number of hydrogen-bond acceptors (Lipinski definition) is 5. The Labute approximate surface area is 109 Å². The van der Waals surface area contributed by atoms with Crippen molar-refractivity contribution >= 4 is 5.82 Å². The lowest BCUT2D eigenvalue weighted by Crippen LogP contribution is -2.42. The molecule has 1 aromatic heterocycles. The first-order valence-electron chi connectivity index (χ1n) is 6.52. The Hall–Kier alpha value is -1.20. The van der Waals surface area contributed by atoms with Crippen molar-refractivity contribution < 1.29 is 4.74 Å². The zero-order valence-electron chi connectivity index (χ0n) is 11.4. The summed E-state index contributed by atoms with van der Waals surface area (Å²) in [6.07, 6.45) is 1.80. The lowest BCUT2D eigenvalue weighted by molar-refractivity contribution is 0.0368. The molecule has 2 heterocycles. The fourth-order valence-electron chi connectivity index (χ4n) is 2.12. The van der Waals surface area contributed by atoms with Crippen LogP contribution in [0.15, 0.2) is 6.20 Å². The van der Waals surface area contributed by atoms with E-state index >= 15 is 0 Å². The Morgan fingerprint density at radius 3 is 2.83 bits per heavy atom. The summed E-state index contributed by atoms with van der Waals surface area (Å²) in [7, 11) is 0. The summed E-state index contributed by atoms with van der Waals surface area (Å²) < 4.78 is 5.35. The zero-order chi connectivity index (χ0) is 13.0. The molecule has 1 aromatic rings. The van der Waals surface area contributed by atoms with Crippen molar-refractivity contribution in [1.82, 2.24) is 14.9 Å². The summed E-state index contributed by atoms with van der Waals surface area (Å²) in [5, 5.41) is 3.44. The third-order valence-corrected chi connectivity index (χ3v) is 3.09. The van der Waals surface area contributed by atoms with Crippen LogP contribution in [-0.4, -0.2) is 53.8 Å². The van der Waals surface area contributed by atoms with Gasteiger partial charge in [-0.2, -0.15) is 0 Å². The number of ether oxygens (including phenoxy) is 1. The molecule has 5 nitrogen and oxygen atoms in total. The highest BCUT2D eigenvalue weighted by Crippen LogP contribution is 2.11. The first kappa shape index (κ1) is 13.2. The van der Waals surface area contributed by atoms with E-state index in [1.165, 1.54) is 0 Å². The number of hydrogen-bond donors (Lipinski definition) is 1. The highest BCUT2D eigenvalue weighted by atomic mass is 16.5. The molecule has 0 radical (unpaired) electrons. The van der Waals surface area contributed by atoms with Gasteiger partial charge < -0.3 is 10.1 Å². The van der Waals surface area contributed by atoms with Gasteiger partial charge in [-0.05, 0) is 20.8 Å². The van der Waals surface area contributed by atoms with Gasteiger partial charge >= 0.3 is 0 Å². The number of anilines is 1. The van der Waals surface area contributed by atoms with Crippen LogP contribution in [0.1, 0.15) is 18.3 Å². The summed E-state index contributed by atoms with van der Waals surface area (Å²) in [4.78, 5) is 11.2. The molecule has 100 valence electrons. The molecule has 0 spiro atoms. The molecule has 0 saturated carbocycles. The minimum absolute atomic E-state index is 0.359. The van der Waals surface area contributed by atoms with Gasteiger partial charge in [-0.3, -0.25) is 9.88 Å². The Bertz CT molecular complexity index is 391. The summed E-state index contributed by atoms with van der Waals surface area (Å²) in [5.74, 6) is 0.899. The molecular formula is C13H22N4O. The molecule has 5 heteroatoms. The first-order valence-corrected chi connectivity index (χ1v) is 6.52. The smallest absolute Gasteiger partial charge is 0.148 e. The molecule has 0 bridgehead atoms. The van der Waals surface area contributed by atoms with E-state index < -0.39 is 0 Å². The van der Waals surface area contributed by atoms with Crippen LogP contribution in [0.5, 0.6) is 0 Å². The average molecular weight is 250 g/mol. The van der Waals surface area contributed by atoms with Crippen molar-refractivity contribution in [3.63, 3.8) is 0 Å². The molecule has 0 aromatic carbocycles. The van der Waals surface area contributed by atoms with Crippen molar-refractivity contribution in [3.05, 3.63) is 17.6 Å². The van der Waals surface area contributed by atoms with Gasteiger partial charge in [-0.25, -0.2) is 4.98 Å². The average Bonchev–Trinajstić information content (AvgIpc) is 2.35. The molecule has 0 aliphatic carbocycles. The highest BCUT2D eigenvalue weighted by molar-refractivity contribution is 5.40. The second-order valence-corrected chi connectivity index (χ2v) is 4.90. The van der Waals surface area contributed by atoms with E-state index in [1.807, 2.05) is 13.8 Å². The predicted octanol–water partition coefficient (Wildman–Crippen LogP) is 1.23. The van der Waals surface area contributed by atoms with E-state index in [4.69, 9.17) is 4.74 Å². The molecule has 1 aliphatic heterocycles. The van der Waals surface area contributed by atoms with Crippen LogP contribution in [0, 0.1) is 13.8 Å². The second-order valence-electron chi connectivity index (χ2n) is 4.90. The van der Waals surface area contributed by atoms with Gasteiger partial charge in [0.25, 0.3) is 0 Å². The normalized spacial score (nSPS) is 18.6. The number of nitrogens with zero attached hydrogens (tertiary/aromatic N) is 3. The van der Waals surface area contributed by atoms with Gasteiger partial charge in [-0.1, -0.05) is 0 Å². The predicted molar refractivity (Wildman–Crippen MR) is 71.8 cm³/mol. The third kappa shape index (κ3) is 3.65. The Morgan fingerprint density at radius 1 is 1.39 bits per heavy atom. The van der Waals surface area contributed by atoms with Crippen LogP contribution in [0.4, 0.5) is 5.82 Å². The summed E-state index contributed by atoms with van der Waals surface area (Å²) in [6, 6.07) is 0.359. The topological polar surface area (TPSA) is 50.3 Å². The van der Waals surface area contributed by atoms with Crippen LogP contribution >= 0.6 is 0 Å². The van der Waals surface area contributed by atoms with E-state index in [2.05, 4.69) is 27.1 Å². The molecule has 1 N–H and O–H groups in total. The highest BCUT2D eigenvalue weighted by Gasteiger charge is 2.14. The molecule has 18 heavy (non-hydrogen) atoms. The maximum Gasteiger partial charge on any atom is 0.148 e. The lowest BCUT2D eigenvalue weighted by Gasteiger charge is -2.29. The van der Waals surface area contributed by atoms with Gasteiger partial charge in [-0.15, -0.1) is 0 Å². The number of nitrogens with one attached hydrogen (secondary N) is 1.